The van der Waals surface area contributed by atoms with Gasteiger partial charge in [-0.15, -0.1) is 0 Å². The summed E-state index contributed by atoms with van der Waals surface area (Å²) in [6.45, 7) is 7.00. The fourth-order valence-electron chi connectivity index (χ4n) is 3.29. The maximum Gasteiger partial charge on any atom is 0.320 e. The number of aromatic nitrogens is 2. The first-order valence-electron chi connectivity index (χ1n) is 8.70. The van der Waals surface area contributed by atoms with Crippen LogP contribution in [0.5, 0.6) is 0 Å². The van der Waals surface area contributed by atoms with Crippen molar-refractivity contribution in [2.24, 2.45) is 0 Å². The minimum absolute atomic E-state index is 0.0111. The van der Waals surface area contributed by atoms with Gasteiger partial charge in [-0.2, -0.15) is 4.98 Å². The number of carboxylic acid groups (broad SMARTS) is 1. The van der Waals surface area contributed by atoms with Gasteiger partial charge in [0.15, 0.2) is 0 Å². The van der Waals surface area contributed by atoms with Gasteiger partial charge in [0.25, 0.3) is 0 Å². The largest absolute Gasteiger partial charge is 0.480 e. The van der Waals surface area contributed by atoms with E-state index in [9.17, 15) is 9.90 Å². The molecule has 2 unspecified atom stereocenters. The fraction of sp³-hybridized carbons (Fsp3) is 0.500. The van der Waals surface area contributed by atoms with Crippen molar-refractivity contribution >= 4 is 5.97 Å². The second-order valence-corrected chi connectivity index (χ2v) is 6.33. The van der Waals surface area contributed by atoms with E-state index in [0.717, 1.165) is 31.7 Å². The highest BCUT2D eigenvalue weighted by atomic mass is 16.5. The summed E-state index contributed by atoms with van der Waals surface area (Å²) in [5.41, 5.74) is 0.932. The highest BCUT2D eigenvalue weighted by molar-refractivity contribution is 5.73. The lowest BCUT2D eigenvalue weighted by Gasteiger charge is -2.39. The van der Waals surface area contributed by atoms with Gasteiger partial charge in [-0.3, -0.25) is 14.6 Å². The average Bonchev–Trinajstić information content (AvgIpc) is 3.13. The smallest absolute Gasteiger partial charge is 0.320 e. The Kier molecular flexibility index (Phi) is 5.45. The lowest BCUT2D eigenvalue weighted by molar-refractivity contribution is -0.144. The molecule has 1 fully saturated rings. The maximum atomic E-state index is 11.3. The first-order valence-corrected chi connectivity index (χ1v) is 8.70. The Morgan fingerprint density at radius 2 is 1.84 bits per heavy atom. The van der Waals surface area contributed by atoms with Crippen molar-refractivity contribution in [1.29, 1.82) is 0 Å². The van der Waals surface area contributed by atoms with Crippen LogP contribution in [0, 0.1) is 0 Å². The van der Waals surface area contributed by atoms with E-state index in [4.69, 9.17) is 4.52 Å². The summed E-state index contributed by atoms with van der Waals surface area (Å²) in [5, 5.41) is 13.4. The van der Waals surface area contributed by atoms with Gasteiger partial charge in [0.05, 0.1) is 6.04 Å². The summed E-state index contributed by atoms with van der Waals surface area (Å²) in [4.78, 5) is 20.1. The lowest BCUT2D eigenvalue weighted by Crippen LogP contribution is -2.52. The van der Waals surface area contributed by atoms with Crippen molar-refractivity contribution < 1.29 is 14.4 Å². The van der Waals surface area contributed by atoms with E-state index in [-0.39, 0.29) is 6.04 Å². The number of carbonyl (C=O) groups is 1. The van der Waals surface area contributed by atoms with Gasteiger partial charge in [-0.1, -0.05) is 42.4 Å². The van der Waals surface area contributed by atoms with Gasteiger partial charge in [-0.05, 0) is 13.3 Å². The molecule has 1 N–H and O–H groups in total. The van der Waals surface area contributed by atoms with Gasteiger partial charge in [-0.25, -0.2) is 0 Å². The highest BCUT2D eigenvalue weighted by Crippen LogP contribution is 2.24. The van der Waals surface area contributed by atoms with E-state index in [1.54, 1.807) is 0 Å². The Morgan fingerprint density at radius 3 is 2.44 bits per heavy atom. The van der Waals surface area contributed by atoms with Crippen molar-refractivity contribution in [3.8, 4) is 11.4 Å². The van der Waals surface area contributed by atoms with Gasteiger partial charge < -0.3 is 9.63 Å². The number of benzene rings is 1. The van der Waals surface area contributed by atoms with Crippen LogP contribution >= 0.6 is 0 Å². The Labute approximate surface area is 147 Å². The minimum Gasteiger partial charge on any atom is -0.480 e. The first-order chi connectivity index (χ1) is 12.1. The van der Waals surface area contributed by atoms with Crippen LogP contribution in [-0.4, -0.2) is 63.2 Å². The standard InChI is InChI=1S/C18H24N4O3/c1-3-15(18(23)24)22-11-9-21(10-12-22)13(2)17-19-16(20-25-17)14-7-5-4-6-8-14/h4-8,13,15H,3,9-12H2,1-2H3,(H,23,24). The van der Waals surface area contributed by atoms with Crippen LogP contribution in [0.4, 0.5) is 0 Å². The molecule has 0 amide bonds. The first kappa shape index (κ1) is 17.6. The second kappa shape index (κ2) is 7.76. The van der Waals surface area contributed by atoms with E-state index in [1.807, 2.05) is 49.1 Å². The molecular formula is C18H24N4O3. The molecule has 1 aliphatic rings. The summed E-state index contributed by atoms with van der Waals surface area (Å²) < 4.78 is 5.46. The molecule has 7 nitrogen and oxygen atoms in total. The molecule has 1 aromatic carbocycles. The van der Waals surface area contributed by atoms with E-state index in [1.165, 1.54) is 0 Å². The number of carboxylic acids is 1. The normalized spacial score (nSPS) is 18.8. The average molecular weight is 344 g/mol. The zero-order valence-electron chi connectivity index (χ0n) is 14.6. The molecule has 2 aromatic rings. The predicted molar refractivity (Wildman–Crippen MR) is 93.0 cm³/mol. The van der Waals surface area contributed by atoms with Crippen LogP contribution < -0.4 is 0 Å². The fourth-order valence-corrected chi connectivity index (χ4v) is 3.29. The Balaban J connectivity index is 1.62. The number of aliphatic carboxylic acids is 1. The molecular weight excluding hydrogens is 320 g/mol. The van der Waals surface area contributed by atoms with Gasteiger partial charge in [0.2, 0.25) is 11.7 Å². The summed E-state index contributed by atoms with van der Waals surface area (Å²) in [7, 11) is 0. The zero-order chi connectivity index (χ0) is 17.8. The quantitative estimate of drug-likeness (QED) is 0.861. The Hall–Kier alpha value is -2.25. The molecule has 1 saturated heterocycles. The van der Waals surface area contributed by atoms with E-state index in [2.05, 4.69) is 15.0 Å². The molecule has 7 heteroatoms. The number of piperazine rings is 1. The van der Waals surface area contributed by atoms with Gasteiger partial charge in [0.1, 0.15) is 6.04 Å². The van der Waals surface area contributed by atoms with Crippen molar-refractivity contribution in [2.75, 3.05) is 26.2 Å². The molecule has 0 spiro atoms. The number of hydrogen-bond donors (Lipinski definition) is 1. The van der Waals surface area contributed by atoms with Gasteiger partial charge in [0, 0.05) is 31.7 Å². The predicted octanol–water partition coefficient (Wildman–Crippen LogP) is 2.28. The Bertz CT molecular complexity index is 695. The molecule has 0 radical (unpaired) electrons. The number of hydrogen-bond acceptors (Lipinski definition) is 6. The summed E-state index contributed by atoms with van der Waals surface area (Å²) >= 11 is 0. The van der Waals surface area contributed by atoms with E-state index < -0.39 is 12.0 Å². The summed E-state index contributed by atoms with van der Waals surface area (Å²) in [5.74, 6) is 0.448. The molecule has 1 aliphatic heterocycles. The Morgan fingerprint density at radius 1 is 1.20 bits per heavy atom. The molecule has 2 atom stereocenters. The van der Waals surface area contributed by atoms with E-state index >= 15 is 0 Å². The zero-order valence-corrected chi connectivity index (χ0v) is 14.6. The van der Waals surface area contributed by atoms with Crippen molar-refractivity contribution in [3.63, 3.8) is 0 Å². The van der Waals surface area contributed by atoms with E-state index in [0.29, 0.717) is 18.1 Å². The summed E-state index contributed by atoms with van der Waals surface area (Å²) in [6.07, 6.45) is 0.620. The van der Waals surface area contributed by atoms with Crippen LogP contribution in [0.1, 0.15) is 32.2 Å². The second-order valence-electron chi connectivity index (χ2n) is 6.33. The van der Waals surface area contributed by atoms with Crippen molar-refractivity contribution in [3.05, 3.63) is 36.2 Å². The van der Waals surface area contributed by atoms with Crippen molar-refractivity contribution in [1.82, 2.24) is 19.9 Å². The van der Waals surface area contributed by atoms with Crippen LogP contribution in [0.3, 0.4) is 0 Å². The van der Waals surface area contributed by atoms with Crippen LogP contribution in [0.2, 0.25) is 0 Å². The molecule has 3 rings (SSSR count). The third kappa shape index (κ3) is 3.88. The third-order valence-corrected chi connectivity index (χ3v) is 4.84. The van der Waals surface area contributed by atoms with Crippen molar-refractivity contribution in [2.45, 2.75) is 32.4 Å². The molecule has 0 bridgehead atoms. The van der Waals surface area contributed by atoms with Gasteiger partial charge >= 0.3 is 5.97 Å². The van der Waals surface area contributed by atoms with Crippen LogP contribution in [0.25, 0.3) is 11.4 Å². The maximum absolute atomic E-state index is 11.3. The third-order valence-electron chi connectivity index (χ3n) is 4.84. The monoisotopic (exact) mass is 344 g/mol. The summed E-state index contributed by atoms with van der Waals surface area (Å²) in [6, 6.07) is 9.36. The molecule has 0 saturated carbocycles. The molecule has 25 heavy (non-hydrogen) atoms. The number of rotatable bonds is 6. The topological polar surface area (TPSA) is 82.7 Å². The lowest BCUT2D eigenvalue weighted by atomic mass is 10.1. The van der Waals surface area contributed by atoms with Crippen LogP contribution in [-0.2, 0) is 4.79 Å². The molecule has 134 valence electrons. The molecule has 2 heterocycles. The molecule has 0 aliphatic carbocycles. The van der Waals surface area contributed by atoms with Crippen LogP contribution in [0.15, 0.2) is 34.9 Å². The highest BCUT2D eigenvalue weighted by Gasteiger charge is 2.30. The SMILES string of the molecule is CCC(C(=O)O)N1CCN(C(C)c2nc(-c3ccccc3)no2)CC1. The molecule has 1 aromatic heterocycles. The minimum atomic E-state index is -0.742. The number of nitrogens with zero attached hydrogens (tertiary/aromatic N) is 4.